The van der Waals surface area contributed by atoms with Gasteiger partial charge in [-0.2, -0.15) is 13.2 Å². The van der Waals surface area contributed by atoms with Gasteiger partial charge in [0, 0.05) is 0 Å². The van der Waals surface area contributed by atoms with Crippen LogP contribution in [-0.2, 0) is 6.54 Å². The maximum atomic E-state index is 12.8. The molecule has 0 aromatic carbocycles. The quantitative estimate of drug-likeness (QED) is 0.737. The van der Waals surface area contributed by atoms with Crippen molar-refractivity contribution >= 4 is 22.0 Å². The minimum absolute atomic E-state index is 0.0609. The van der Waals surface area contributed by atoms with Gasteiger partial charge in [-0.1, -0.05) is 0 Å². The van der Waals surface area contributed by atoms with Gasteiger partial charge in [0.25, 0.3) is 0 Å². The smallest absolute Gasteiger partial charge is 0.427 e. The van der Waals surface area contributed by atoms with E-state index in [1.807, 2.05) is 0 Å². The number of hydrogen-bond donors (Lipinski definition) is 1. The number of pyridine rings is 1. The number of nitrogens with zero attached hydrogens (tertiary/aromatic N) is 2. The van der Waals surface area contributed by atoms with Crippen molar-refractivity contribution in [1.29, 1.82) is 0 Å². The van der Waals surface area contributed by atoms with Gasteiger partial charge in [-0.3, -0.25) is 4.90 Å². The molecule has 0 bridgehead atoms. The number of fused-ring (bicyclic) bond motifs is 1. The van der Waals surface area contributed by atoms with Crippen molar-refractivity contribution in [2.75, 3.05) is 6.54 Å². The second-order valence-electron chi connectivity index (χ2n) is 3.89. The van der Waals surface area contributed by atoms with Crippen molar-refractivity contribution in [2.45, 2.75) is 18.8 Å². The van der Waals surface area contributed by atoms with Gasteiger partial charge < -0.3 is 9.84 Å². The lowest BCUT2D eigenvalue weighted by Crippen LogP contribution is -2.44. The Morgan fingerprint density at radius 1 is 1.53 bits per heavy atom. The summed E-state index contributed by atoms with van der Waals surface area (Å²) in [4.78, 5) is 15.5. The van der Waals surface area contributed by atoms with E-state index in [9.17, 15) is 18.0 Å². The molecule has 104 valence electrons. The molecule has 0 spiro atoms. The number of carbonyl (C=O) groups is 1. The second kappa shape index (κ2) is 4.87. The third kappa shape index (κ3) is 3.09. The average molecular weight is 341 g/mol. The summed E-state index contributed by atoms with van der Waals surface area (Å²) in [7, 11) is 0. The van der Waals surface area contributed by atoms with E-state index >= 15 is 0 Å². The first-order valence-electron chi connectivity index (χ1n) is 5.14. The van der Waals surface area contributed by atoms with Crippen molar-refractivity contribution in [3.8, 4) is 5.75 Å². The predicted octanol–water partition coefficient (Wildman–Crippen LogP) is 2.65. The zero-order valence-corrected chi connectivity index (χ0v) is 10.9. The first-order chi connectivity index (χ1) is 8.77. The zero-order valence-electron chi connectivity index (χ0n) is 9.32. The molecule has 5 nitrogen and oxygen atoms in total. The molecule has 0 radical (unpaired) electrons. The fourth-order valence-electron chi connectivity index (χ4n) is 1.63. The first-order valence-corrected chi connectivity index (χ1v) is 5.93. The van der Waals surface area contributed by atoms with Crippen LogP contribution in [0.2, 0.25) is 0 Å². The van der Waals surface area contributed by atoms with Crippen molar-refractivity contribution in [2.24, 2.45) is 0 Å². The Morgan fingerprint density at radius 2 is 2.21 bits per heavy atom. The Hall–Kier alpha value is -1.51. The van der Waals surface area contributed by atoms with E-state index in [0.717, 1.165) is 0 Å². The first kappa shape index (κ1) is 13.9. The van der Waals surface area contributed by atoms with Gasteiger partial charge in [-0.15, -0.1) is 0 Å². The molecule has 1 aliphatic heterocycles. The number of rotatable bonds is 0. The predicted molar refractivity (Wildman–Crippen MR) is 60.8 cm³/mol. The third-order valence-corrected chi connectivity index (χ3v) is 2.97. The van der Waals surface area contributed by atoms with Crippen molar-refractivity contribution in [3.05, 3.63) is 22.4 Å². The van der Waals surface area contributed by atoms with Crippen LogP contribution in [0.15, 0.2) is 16.7 Å². The number of hydrogen-bond acceptors (Lipinski definition) is 3. The summed E-state index contributed by atoms with van der Waals surface area (Å²) in [6.07, 6.45) is -8.30. The molecule has 0 aliphatic carbocycles. The number of amides is 1. The lowest BCUT2D eigenvalue weighted by Gasteiger charge is -2.23. The average Bonchev–Trinajstić information content (AvgIpc) is 2.47. The highest BCUT2D eigenvalue weighted by Crippen LogP contribution is 2.31. The summed E-state index contributed by atoms with van der Waals surface area (Å²) in [5.74, 6) is -0.0609. The standard InChI is InChI=1S/C10H8BrF3N2O3/c11-8-2-1-6-5(15-8)3-16(9(17)18)4-7(19-6)10(12,13)14/h1-2,7H,3-4H2,(H,17,18)/t7-/m1/s1. The Kier molecular flexibility index (Phi) is 3.57. The normalized spacial score (nSPS) is 19.4. The summed E-state index contributed by atoms with van der Waals surface area (Å²) in [5, 5.41) is 8.91. The Morgan fingerprint density at radius 3 is 2.79 bits per heavy atom. The van der Waals surface area contributed by atoms with Crippen molar-refractivity contribution in [1.82, 2.24) is 9.88 Å². The van der Waals surface area contributed by atoms with Crippen LogP contribution in [0.3, 0.4) is 0 Å². The minimum Gasteiger partial charge on any atom is -0.477 e. The Bertz CT molecular complexity index is 509. The SMILES string of the molecule is O=C(O)N1Cc2nc(Br)ccc2O[C@@H](C(F)(F)F)C1. The third-order valence-electron chi connectivity index (χ3n) is 2.53. The van der Waals surface area contributed by atoms with E-state index < -0.39 is 24.9 Å². The summed E-state index contributed by atoms with van der Waals surface area (Å²) in [6.45, 7) is -1.04. The summed E-state index contributed by atoms with van der Waals surface area (Å²) in [6, 6.07) is 2.76. The van der Waals surface area contributed by atoms with E-state index in [1.165, 1.54) is 12.1 Å². The van der Waals surface area contributed by atoms with E-state index in [-0.39, 0.29) is 18.0 Å². The molecule has 1 aromatic heterocycles. The van der Waals surface area contributed by atoms with E-state index in [1.54, 1.807) is 0 Å². The number of alkyl halides is 3. The van der Waals surface area contributed by atoms with Gasteiger partial charge >= 0.3 is 12.3 Å². The summed E-state index contributed by atoms with van der Waals surface area (Å²) in [5.41, 5.74) is 0.142. The lowest BCUT2D eigenvalue weighted by atomic mass is 10.3. The number of ether oxygens (including phenoxy) is 1. The van der Waals surface area contributed by atoms with Crippen LogP contribution >= 0.6 is 15.9 Å². The minimum atomic E-state index is -4.65. The van der Waals surface area contributed by atoms with Gasteiger partial charge in [0.15, 0.2) is 0 Å². The summed E-state index contributed by atoms with van der Waals surface area (Å²) >= 11 is 3.07. The molecule has 1 aliphatic rings. The highest BCUT2D eigenvalue weighted by Gasteiger charge is 2.45. The fourth-order valence-corrected chi connectivity index (χ4v) is 1.98. The van der Waals surface area contributed by atoms with E-state index in [0.29, 0.717) is 9.50 Å². The Labute approximate surface area is 114 Å². The number of halogens is 4. The molecule has 1 aromatic rings. The molecule has 9 heteroatoms. The zero-order chi connectivity index (χ0) is 14.2. The molecule has 2 heterocycles. The van der Waals surface area contributed by atoms with Gasteiger partial charge in [0.05, 0.1) is 13.1 Å². The molecular weight excluding hydrogens is 333 g/mol. The number of carboxylic acid groups (broad SMARTS) is 1. The van der Waals surface area contributed by atoms with Crippen LogP contribution in [0.4, 0.5) is 18.0 Å². The summed E-state index contributed by atoms with van der Waals surface area (Å²) < 4.78 is 43.5. The molecule has 0 saturated carbocycles. The molecule has 0 unspecified atom stereocenters. The van der Waals surface area contributed by atoms with Crippen LogP contribution in [-0.4, -0.2) is 39.9 Å². The maximum absolute atomic E-state index is 12.8. The molecule has 2 rings (SSSR count). The molecular formula is C10H8BrF3N2O3. The van der Waals surface area contributed by atoms with Gasteiger partial charge in [-0.25, -0.2) is 9.78 Å². The van der Waals surface area contributed by atoms with Crippen LogP contribution in [0, 0.1) is 0 Å². The largest absolute Gasteiger partial charge is 0.477 e. The van der Waals surface area contributed by atoms with Crippen LogP contribution in [0.5, 0.6) is 5.75 Å². The molecule has 19 heavy (non-hydrogen) atoms. The molecule has 0 fully saturated rings. The molecule has 0 saturated heterocycles. The lowest BCUT2D eigenvalue weighted by molar-refractivity contribution is -0.196. The molecule has 1 N–H and O–H groups in total. The van der Waals surface area contributed by atoms with Gasteiger partial charge in [0.1, 0.15) is 16.0 Å². The number of aromatic nitrogens is 1. The van der Waals surface area contributed by atoms with E-state index in [4.69, 9.17) is 9.84 Å². The monoisotopic (exact) mass is 340 g/mol. The van der Waals surface area contributed by atoms with Crippen LogP contribution < -0.4 is 4.74 Å². The maximum Gasteiger partial charge on any atom is 0.427 e. The van der Waals surface area contributed by atoms with Gasteiger partial charge in [0.2, 0.25) is 6.10 Å². The van der Waals surface area contributed by atoms with Crippen molar-refractivity contribution < 1.29 is 27.8 Å². The Balaban J connectivity index is 2.40. The molecule has 1 amide bonds. The second-order valence-corrected chi connectivity index (χ2v) is 4.70. The fraction of sp³-hybridized carbons (Fsp3) is 0.400. The van der Waals surface area contributed by atoms with Gasteiger partial charge in [-0.05, 0) is 28.1 Å². The highest BCUT2D eigenvalue weighted by molar-refractivity contribution is 9.10. The van der Waals surface area contributed by atoms with Crippen LogP contribution in [0.25, 0.3) is 0 Å². The van der Waals surface area contributed by atoms with Crippen LogP contribution in [0.1, 0.15) is 5.69 Å². The topological polar surface area (TPSA) is 62.7 Å². The molecule has 1 atom stereocenters. The van der Waals surface area contributed by atoms with E-state index in [2.05, 4.69) is 20.9 Å². The van der Waals surface area contributed by atoms with Crippen molar-refractivity contribution in [3.63, 3.8) is 0 Å². The highest BCUT2D eigenvalue weighted by atomic mass is 79.9.